The average molecular weight is 325 g/mol. The summed E-state index contributed by atoms with van der Waals surface area (Å²) >= 11 is 0. The smallest absolute Gasteiger partial charge is 0.274 e. The molecule has 7 nitrogen and oxygen atoms in total. The van der Waals surface area contributed by atoms with Crippen LogP contribution in [0.1, 0.15) is 10.5 Å². The van der Waals surface area contributed by atoms with Gasteiger partial charge in [-0.3, -0.25) is 9.59 Å². The number of carbonyl (C=O) groups is 1. The zero-order valence-corrected chi connectivity index (χ0v) is 12.3. The van der Waals surface area contributed by atoms with Gasteiger partial charge in [0.2, 0.25) is 5.56 Å². The molecule has 0 saturated heterocycles. The summed E-state index contributed by atoms with van der Waals surface area (Å²) in [7, 11) is 0. The van der Waals surface area contributed by atoms with Crippen LogP contribution in [0.4, 0.5) is 21.6 Å². The van der Waals surface area contributed by atoms with Crippen molar-refractivity contribution < 1.29 is 9.18 Å². The van der Waals surface area contributed by atoms with Gasteiger partial charge in [0.15, 0.2) is 0 Å². The van der Waals surface area contributed by atoms with E-state index in [4.69, 9.17) is 0 Å². The van der Waals surface area contributed by atoms with Crippen molar-refractivity contribution in [2.75, 3.05) is 10.6 Å². The van der Waals surface area contributed by atoms with E-state index in [1.807, 2.05) is 0 Å². The maximum atomic E-state index is 12.9. The van der Waals surface area contributed by atoms with Crippen molar-refractivity contribution in [3.63, 3.8) is 0 Å². The van der Waals surface area contributed by atoms with E-state index in [1.54, 1.807) is 6.07 Å². The van der Waals surface area contributed by atoms with Crippen LogP contribution < -0.4 is 16.2 Å². The number of anilines is 3. The number of halogens is 1. The largest absolute Gasteiger partial charge is 0.339 e. The molecule has 0 fully saturated rings. The van der Waals surface area contributed by atoms with Gasteiger partial charge in [0, 0.05) is 24.0 Å². The second kappa shape index (κ2) is 6.69. The van der Waals surface area contributed by atoms with Gasteiger partial charge >= 0.3 is 0 Å². The van der Waals surface area contributed by atoms with Gasteiger partial charge in [0.1, 0.15) is 23.7 Å². The number of hydrogen-bond donors (Lipinski definition) is 3. The van der Waals surface area contributed by atoms with Crippen molar-refractivity contribution in [2.24, 2.45) is 0 Å². The third kappa shape index (κ3) is 3.80. The van der Waals surface area contributed by atoms with Gasteiger partial charge in [-0.25, -0.2) is 14.4 Å². The molecule has 3 aromatic rings. The van der Waals surface area contributed by atoms with Gasteiger partial charge in [-0.05, 0) is 30.3 Å². The van der Waals surface area contributed by atoms with Crippen LogP contribution in [0.5, 0.6) is 0 Å². The number of rotatable bonds is 4. The van der Waals surface area contributed by atoms with Gasteiger partial charge in [-0.1, -0.05) is 0 Å². The average Bonchev–Trinajstić information content (AvgIpc) is 2.59. The fourth-order valence-corrected chi connectivity index (χ4v) is 1.91. The van der Waals surface area contributed by atoms with Crippen LogP contribution in [0.2, 0.25) is 0 Å². The van der Waals surface area contributed by atoms with Gasteiger partial charge in [-0.2, -0.15) is 0 Å². The molecule has 0 aliphatic heterocycles. The molecule has 3 rings (SSSR count). The number of benzene rings is 1. The van der Waals surface area contributed by atoms with Gasteiger partial charge < -0.3 is 15.6 Å². The molecule has 2 heterocycles. The summed E-state index contributed by atoms with van der Waals surface area (Å²) in [5.41, 5.74) is 0.984. The Morgan fingerprint density at radius 2 is 1.79 bits per heavy atom. The fraction of sp³-hybridized carbons (Fsp3) is 0. The number of amides is 1. The number of carbonyl (C=O) groups excluding carboxylic acids is 1. The first kappa shape index (κ1) is 15.3. The van der Waals surface area contributed by atoms with E-state index in [9.17, 15) is 14.0 Å². The van der Waals surface area contributed by atoms with Crippen molar-refractivity contribution in [1.29, 1.82) is 0 Å². The number of aromatic nitrogens is 3. The Labute approximate surface area is 135 Å². The minimum Gasteiger partial charge on any atom is -0.339 e. The van der Waals surface area contributed by atoms with E-state index in [1.165, 1.54) is 48.9 Å². The van der Waals surface area contributed by atoms with Crippen LogP contribution >= 0.6 is 0 Å². The summed E-state index contributed by atoms with van der Waals surface area (Å²) in [5.74, 6) is -0.447. The molecule has 0 aliphatic rings. The highest BCUT2D eigenvalue weighted by atomic mass is 19.1. The molecule has 0 spiro atoms. The minimum atomic E-state index is -0.450. The van der Waals surface area contributed by atoms with Crippen molar-refractivity contribution >= 4 is 23.1 Å². The summed E-state index contributed by atoms with van der Waals surface area (Å²) in [6, 6.07) is 9.81. The molecule has 8 heteroatoms. The Balaban J connectivity index is 1.74. The van der Waals surface area contributed by atoms with Crippen LogP contribution in [-0.2, 0) is 0 Å². The number of nitrogens with one attached hydrogen (secondary N) is 3. The summed E-state index contributed by atoms with van der Waals surface area (Å²) in [6.45, 7) is 0. The lowest BCUT2D eigenvalue weighted by Gasteiger charge is -2.07. The highest BCUT2D eigenvalue weighted by Gasteiger charge is 2.09. The molecule has 0 radical (unpaired) electrons. The summed E-state index contributed by atoms with van der Waals surface area (Å²) < 4.78 is 12.9. The summed E-state index contributed by atoms with van der Waals surface area (Å²) in [6.07, 6.45) is 2.73. The van der Waals surface area contributed by atoms with Gasteiger partial charge in [-0.15, -0.1) is 0 Å². The minimum absolute atomic E-state index is 0.140. The van der Waals surface area contributed by atoms with E-state index >= 15 is 0 Å². The van der Waals surface area contributed by atoms with Crippen molar-refractivity contribution in [1.82, 2.24) is 15.0 Å². The molecule has 2 aromatic heterocycles. The predicted octanol–water partition coefficient (Wildman–Crippen LogP) is 2.30. The molecule has 1 aromatic carbocycles. The summed E-state index contributed by atoms with van der Waals surface area (Å²) in [4.78, 5) is 33.7. The third-order valence-electron chi connectivity index (χ3n) is 3.06. The van der Waals surface area contributed by atoms with Crippen LogP contribution in [-0.4, -0.2) is 20.9 Å². The van der Waals surface area contributed by atoms with Crippen LogP contribution in [0.15, 0.2) is 59.8 Å². The van der Waals surface area contributed by atoms with E-state index in [2.05, 4.69) is 25.6 Å². The fourth-order valence-electron chi connectivity index (χ4n) is 1.91. The predicted molar refractivity (Wildman–Crippen MR) is 86.7 cm³/mol. The van der Waals surface area contributed by atoms with Crippen molar-refractivity contribution in [2.45, 2.75) is 0 Å². The first-order valence-electron chi connectivity index (χ1n) is 6.95. The molecular formula is C16H12FN5O2. The Hall–Kier alpha value is -3.55. The molecule has 0 bridgehead atoms. The summed E-state index contributed by atoms with van der Waals surface area (Å²) in [5, 5.41) is 5.56. The third-order valence-corrected chi connectivity index (χ3v) is 3.06. The Morgan fingerprint density at radius 3 is 2.50 bits per heavy atom. The van der Waals surface area contributed by atoms with Crippen molar-refractivity contribution in [3.8, 4) is 0 Å². The van der Waals surface area contributed by atoms with Crippen LogP contribution in [0.25, 0.3) is 0 Å². The molecule has 0 atom stereocenters. The SMILES string of the molecule is O=C(Nc1ccc(F)cc1)c1cc(Nc2ccc(=O)[nH]c2)ncn1. The molecule has 24 heavy (non-hydrogen) atoms. The number of aromatic amines is 1. The monoisotopic (exact) mass is 325 g/mol. The topological polar surface area (TPSA) is 99.8 Å². The van der Waals surface area contributed by atoms with E-state index in [0.29, 0.717) is 17.2 Å². The van der Waals surface area contributed by atoms with E-state index < -0.39 is 5.91 Å². The molecule has 3 N–H and O–H groups in total. The second-order valence-electron chi connectivity index (χ2n) is 4.82. The quantitative estimate of drug-likeness (QED) is 0.683. The number of pyridine rings is 1. The molecule has 0 unspecified atom stereocenters. The van der Waals surface area contributed by atoms with E-state index in [0.717, 1.165) is 0 Å². The number of hydrogen-bond acceptors (Lipinski definition) is 5. The standard InChI is InChI=1S/C16H12FN5O2/c17-10-1-3-11(4-2-10)22-16(24)13-7-14(20-9-19-13)21-12-5-6-15(23)18-8-12/h1-9H,(H,18,23)(H,22,24)(H,19,20,21). The molecule has 1 amide bonds. The van der Waals surface area contributed by atoms with E-state index in [-0.39, 0.29) is 17.1 Å². The molecular weight excluding hydrogens is 313 g/mol. The van der Waals surface area contributed by atoms with Crippen LogP contribution in [0, 0.1) is 5.82 Å². The molecule has 0 aliphatic carbocycles. The maximum Gasteiger partial charge on any atom is 0.274 e. The Bertz CT molecular complexity index is 904. The highest BCUT2D eigenvalue weighted by Crippen LogP contribution is 2.14. The Morgan fingerprint density at radius 1 is 1.04 bits per heavy atom. The van der Waals surface area contributed by atoms with Crippen molar-refractivity contribution in [3.05, 3.63) is 76.9 Å². The van der Waals surface area contributed by atoms with Crippen LogP contribution in [0.3, 0.4) is 0 Å². The normalized spacial score (nSPS) is 10.2. The first-order chi connectivity index (χ1) is 11.6. The lowest BCUT2D eigenvalue weighted by Crippen LogP contribution is -2.14. The molecule has 120 valence electrons. The number of H-pyrrole nitrogens is 1. The van der Waals surface area contributed by atoms with Gasteiger partial charge in [0.25, 0.3) is 5.91 Å². The lowest BCUT2D eigenvalue weighted by atomic mass is 10.3. The lowest BCUT2D eigenvalue weighted by molar-refractivity contribution is 0.102. The Kier molecular flexibility index (Phi) is 4.28. The zero-order chi connectivity index (χ0) is 16.9. The van der Waals surface area contributed by atoms with Gasteiger partial charge in [0.05, 0.1) is 5.69 Å². The highest BCUT2D eigenvalue weighted by molar-refractivity contribution is 6.03. The first-order valence-corrected chi connectivity index (χ1v) is 6.95. The maximum absolute atomic E-state index is 12.9. The number of nitrogens with zero attached hydrogens (tertiary/aromatic N) is 2. The molecule has 0 saturated carbocycles. The zero-order valence-electron chi connectivity index (χ0n) is 12.3. The second-order valence-corrected chi connectivity index (χ2v) is 4.82.